The van der Waals surface area contributed by atoms with Crippen molar-refractivity contribution in [1.82, 2.24) is 0 Å². The Labute approximate surface area is 345 Å². The summed E-state index contributed by atoms with van der Waals surface area (Å²) in [6.45, 7) is 15.7. The van der Waals surface area contributed by atoms with E-state index in [-0.39, 0.29) is 0 Å². The lowest BCUT2D eigenvalue weighted by Gasteiger charge is -2.09. The molecule has 0 saturated heterocycles. The minimum atomic E-state index is 0.475. The second-order valence-electron chi connectivity index (χ2n) is 13.3. The Kier molecular flexibility index (Phi) is 44.0. The molecule has 0 bridgehead atoms. The monoisotopic (exact) mass is 820 g/mol. The molecule has 0 aliphatic carbocycles. The molecule has 0 heterocycles. The summed E-state index contributed by atoms with van der Waals surface area (Å²) >= 11 is 0. The molecule has 0 saturated carbocycles. The van der Waals surface area contributed by atoms with Gasteiger partial charge in [0.1, 0.15) is 12.4 Å². The molecule has 0 atom stereocenters. The quantitative estimate of drug-likeness (QED) is 0.0592. The average Bonchev–Trinajstić information content (AvgIpc) is 3.22. The van der Waals surface area contributed by atoms with E-state index in [1.165, 1.54) is 64.2 Å². The predicted molar refractivity (Wildman–Crippen MR) is 223 cm³/mol. The average molecular weight is 820 g/mol. The van der Waals surface area contributed by atoms with E-state index < -0.39 is 0 Å². The Hall–Kier alpha value is -1.66. The van der Waals surface area contributed by atoms with Crippen LogP contribution in [-0.2, 0) is 56.8 Å². The number of unbranched alkanes of at least 4 members (excludes halogenated alkanes) is 10. The zero-order valence-electron chi connectivity index (χ0n) is 35.6. The van der Waals surface area contributed by atoms with Gasteiger partial charge in [-0.2, -0.15) is 0 Å². The van der Waals surface area contributed by atoms with Crippen molar-refractivity contribution in [2.24, 2.45) is 0 Å². The third-order valence-electron chi connectivity index (χ3n) is 8.36. The second-order valence-corrected chi connectivity index (χ2v) is 13.3. The summed E-state index contributed by atoms with van der Waals surface area (Å²) in [5, 5.41) is 0. The fraction of sp³-hybridized carbons (Fsp3) is 0.860. The lowest BCUT2D eigenvalue weighted by Crippen LogP contribution is -2.15. The zero-order chi connectivity index (χ0) is 40.6. The van der Waals surface area contributed by atoms with Crippen LogP contribution in [0.25, 0.3) is 0 Å². The Bertz CT molecular complexity index is 887. The zero-order valence-corrected chi connectivity index (χ0v) is 35.6. The maximum absolute atomic E-state index is 5.67. The number of ether oxygens (including phenoxy) is 13. The van der Waals surface area contributed by atoms with Crippen LogP contribution in [0.5, 0.6) is 5.75 Å². The number of benzene rings is 1. The number of hydrogen-bond donors (Lipinski definition) is 1. The molecule has 0 radical (unpaired) electrons. The molecule has 1 aromatic carbocycles. The molecular formula is C43H81NO13. The molecule has 336 valence electrons. The molecule has 1 aromatic rings. The van der Waals surface area contributed by atoms with Crippen LogP contribution in [0, 0.1) is 0 Å². The first kappa shape index (κ1) is 53.4. The van der Waals surface area contributed by atoms with Crippen LogP contribution >= 0.6 is 0 Å². The van der Waals surface area contributed by atoms with Crippen LogP contribution < -0.4 is 10.5 Å². The first-order valence-corrected chi connectivity index (χ1v) is 21.7. The van der Waals surface area contributed by atoms with E-state index in [0.29, 0.717) is 164 Å². The SMILES string of the molecule is CCCCCCCCCCCCCOCCOCCOCCOCCOCCOCCOCCOCCOCCOCCOCCOCCOc1ccc(N)cc1. The van der Waals surface area contributed by atoms with Gasteiger partial charge in [-0.15, -0.1) is 0 Å². The fourth-order valence-corrected chi connectivity index (χ4v) is 5.17. The minimum Gasteiger partial charge on any atom is -0.491 e. The normalized spacial score (nSPS) is 11.5. The third kappa shape index (κ3) is 43.7. The summed E-state index contributed by atoms with van der Waals surface area (Å²) in [6.07, 6.45) is 14.8. The Morgan fingerprint density at radius 2 is 0.509 bits per heavy atom. The molecule has 0 fully saturated rings. The number of nitrogen functional groups attached to an aromatic ring is 1. The van der Waals surface area contributed by atoms with Gasteiger partial charge >= 0.3 is 0 Å². The van der Waals surface area contributed by atoms with Gasteiger partial charge in [0.2, 0.25) is 0 Å². The van der Waals surface area contributed by atoms with Crippen LogP contribution in [0.1, 0.15) is 77.6 Å². The van der Waals surface area contributed by atoms with Gasteiger partial charge in [0.05, 0.1) is 152 Å². The van der Waals surface area contributed by atoms with Gasteiger partial charge in [-0.25, -0.2) is 0 Å². The van der Waals surface area contributed by atoms with Crippen molar-refractivity contribution in [3.63, 3.8) is 0 Å². The molecule has 0 spiro atoms. The van der Waals surface area contributed by atoms with Crippen LogP contribution in [0.4, 0.5) is 5.69 Å². The molecule has 14 nitrogen and oxygen atoms in total. The third-order valence-corrected chi connectivity index (χ3v) is 8.36. The Morgan fingerprint density at radius 3 is 0.789 bits per heavy atom. The van der Waals surface area contributed by atoms with E-state index in [1.54, 1.807) is 12.1 Å². The highest BCUT2D eigenvalue weighted by Gasteiger charge is 1.99. The van der Waals surface area contributed by atoms with Crippen LogP contribution in [0.3, 0.4) is 0 Å². The molecule has 0 aromatic heterocycles. The minimum absolute atomic E-state index is 0.475. The standard InChI is InChI=1S/C43H81NO13/c1-2-3-4-5-6-7-8-9-10-11-12-17-45-18-19-46-20-21-47-22-23-48-24-25-49-26-27-50-28-29-51-30-31-52-32-33-53-34-35-54-36-37-55-38-39-56-40-41-57-43-15-13-42(44)14-16-43/h13-16H,2-12,17-41,44H2,1H3. The number of hydrogen-bond acceptors (Lipinski definition) is 14. The highest BCUT2D eigenvalue weighted by Crippen LogP contribution is 2.13. The molecule has 0 amide bonds. The van der Waals surface area contributed by atoms with Crippen molar-refractivity contribution in [3.8, 4) is 5.75 Å². The molecule has 57 heavy (non-hydrogen) atoms. The molecule has 1 rings (SSSR count). The molecule has 0 unspecified atom stereocenters. The molecule has 0 aliphatic rings. The van der Waals surface area contributed by atoms with Crippen molar-refractivity contribution in [2.75, 3.05) is 171 Å². The van der Waals surface area contributed by atoms with E-state index in [1.807, 2.05) is 12.1 Å². The lowest BCUT2D eigenvalue weighted by molar-refractivity contribution is -0.0285. The van der Waals surface area contributed by atoms with E-state index in [4.69, 9.17) is 67.3 Å². The molecule has 2 N–H and O–H groups in total. The van der Waals surface area contributed by atoms with Crippen LogP contribution in [-0.4, -0.2) is 165 Å². The smallest absolute Gasteiger partial charge is 0.119 e. The van der Waals surface area contributed by atoms with E-state index in [9.17, 15) is 0 Å². The van der Waals surface area contributed by atoms with Gasteiger partial charge in [0.15, 0.2) is 0 Å². The highest BCUT2D eigenvalue weighted by molar-refractivity contribution is 5.41. The molecule has 14 heteroatoms. The fourth-order valence-electron chi connectivity index (χ4n) is 5.17. The lowest BCUT2D eigenvalue weighted by atomic mass is 10.1. The largest absolute Gasteiger partial charge is 0.491 e. The Morgan fingerprint density at radius 1 is 0.281 bits per heavy atom. The molecular weight excluding hydrogens is 738 g/mol. The summed E-state index contributed by atoms with van der Waals surface area (Å²) in [5.41, 5.74) is 6.36. The summed E-state index contributed by atoms with van der Waals surface area (Å²) in [6, 6.07) is 7.27. The first-order valence-electron chi connectivity index (χ1n) is 21.7. The van der Waals surface area contributed by atoms with E-state index >= 15 is 0 Å². The van der Waals surface area contributed by atoms with Crippen LogP contribution in [0.2, 0.25) is 0 Å². The van der Waals surface area contributed by atoms with Crippen molar-refractivity contribution in [2.45, 2.75) is 77.6 Å². The van der Waals surface area contributed by atoms with Crippen LogP contribution in [0.15, 0.2) is 24.3 Å². The van der Waals surface area contributed by atoms with Crippen molar-refractivity contribution >= 4 is 5.69 Å². The summed E-state index contributed by atoms with van der Waals surface area (Å²) < 4.78 is 71.9. The van der Waals surface area contributed by atoms with E-state index in [0.717, 1.165) is 18.8 Å². The topological polar surface area (TPSA) is 146 Å². The summed E-state index contributed by atoms with van der Waals surface area (Å²) in [5.74, 6) is 0.773. The first-order chi connectivity index (χ1) is 28.3. The number of rotatable bonds is 49. The van der Waals surface area contributed by atoms with Gasteiger partial charge in [0, 0.05) is 12.3 Å². The van der Waals surface area contributed by atoms with Gasteiger partial charge in [0.25, 0.3) is 0 Å². The Balaban J connectivity index is 1.60. The van der Waals surface area contributed by atoms with E-state index in [2.05, 4.69) is 6.92 Å². The summed E-state index contributed by atoms with van der Waals surface area (Å²) in [4.78, 5) is 0. The second kappa shape index (κ2) is 47.0. The maximum atomic E-state index is 5.67. The van der Waals surface area contributed by atoms with Crippen molar-refractivity contribution in [1.29, 1.82) is 0 Å². The van der Waals surface area contributed by atoms with Gasteiger partial charge in [-0.3, -0.25) is 0 Å². The van der Waals surface area contributed by atoms with Gasteiger partial charge in [-0.1, -0.05) is 71.1 Å². The summed E-state index contributed by atoms with van der Waals surface area (Å²) in [7, 11) is 0. The van der Waals surface area contributed by atoms with Crippen molar-refractivity contribution < 1.29 is 61.6 Å². The number of anilines is 1. The van der Waals surface area contributed by atoms with Gasteiger partial charge < -0.3 is 67.3 Å². The molecule has 0 aliphatic heterocycles. The highest BCUT2D eigenvalue weighted by atomic mass is 16.6. The van der Waals surface area contributed by atoms with Crippen molar-refractivity contribution in [3.05, 3.63) is 24.3 Å². The van der Waals surface area contributed by atoms with Gasteiger partial charge in [-0.05, 0) is 30.7 Å². The number of nitrogens with two attached hydrogens (primary N) is 1. The predicted octanol–water partition coefficient (Wildman–Crippen LogP) is 6.16. The maximum Gasteiger partial charge on any atom is 0.119 e.